The van der Waals surface area contributed by atoms with Gasteiger partial charge in [0.05, 0.1) is 6.61 Å². The molecule has 0 heterocycles. The molecule has 3 nitrogen and oxygen atoms in total. The summed E-state index contributed by atoms with van der Waals surface area (Å²) >= 11 is 0. The highest BCUT2D eigenvalue weighted by atomic mass is 16.7. The summed E-state index contributed by atoms with van der Waals surface area (Å²) in [6.45, 7) is 1.25. The van der Waals surface area contributed by atoms with E-state index in [4.69, 9.17) is 9.84 Å². The minimum atomic E-state index is 0.218. The molecule has 1 N–H and O–H groups in total. The van der Waals surface area contributed by atoms with Crippen molar-refractivity contribution in [1.29, 1.82) is 0 Å². The molecule has 0 aliphatic carbocycles. The van der Waals surface area contributed by atoms with Gasteiger partial charge in [0.15, 0.2) is 0 Å². The van der Waals surface area contributed by atoms with Gasteiger partial charge in [-0.25, -0.2) is 0 Å². The highest BCUT2D eigenvalue weighted by Gasteiger charge is 1.81. The molecule has 0 saturated heterocycles. The van der Waals surface area contributed by atoms with Gasteiger partial charge < -0.3 is 14.6 Å². The number of hydrogen-bond acceptors (Lipinski definition) is 3. The molecule has 0 fully saturated rings. The summed E-state index contributed by atoms with van der Waals surface area (Å²) in [5.74, 6) is 0. The van der Waals surface area contributed by atoms with Crippen LogP contribution in [0.25, 0.3) is 0 Å². The molecule has 11 heavy (non-hydrogen) atoms. The van der Waals surface area contributed by atoms with Crippen molar-refractivity contribution >= 4 is 0 Å². The lowest BCUT2D eigenvalue weighted by atomic mass is 10.3. The van der Waals surface area contributed by atoms with Crippen LogP contribution in [0.15, 0.2) is 12.2 Å². The van der Waals surface area contributed by atoms with E-state index in [0.717, 1.165) is 12.8 Å². The lowest BCUT2D eigenvalue weighted by Gasteiger charge is -1.98. The Morgan fingerprint density at radius 2 is 2.00 bits per heavy atom. The van der Waals surface area contributed by atoms with Crippen molar-refractivity contribution in [3.63, 3.8) is 0 Å². The smallest absolute Gasteiger partial charge is 0.146 e. The molecule has 0 atom stereocenters. The summed E-state index contributed by atoms with van der Waals surface area (Å²) in [4.78, 5) is 0. The van der Waals surface area contributed by atoms with E-state index in [-0.39, 0.29) is 6.61 Å². The highest BCUT2D eigenvalue weighted by Crippen LogP contribution is 1.87. The van der Waals surface area contributed by atoms with Gasteiger partial charge in [0, 0.05) is 13.7 Å². The summed E-state index contributed by atoms with van der Waals surface area (Å²) in [6, 6.07) is 0. The van der Waals surface area contributed by atoms with Crippen molar-refractivity contribution in [2.75, 3.05) is 27.1 Å². The molecule has 66 valence electrons. The molecule has 0 rings (SSSR count). The number of methoxy groups -OCH3 is 1. The molecular formula is C8H16O3. The second kappa shape index (κ2) is 9.62. The third-order valence-electron chi connectivity index (χ3n) is 1.09. The topological polar surface area (TPSA) is 38.7 Å². The van der Waals surface area contributed by atoms with E-state index in [9.17, 15) is 0 Å². The zero-order valence-corrected chi connectivity index (χ0v) is 6.95. The molecule has 0 saturated carbocycles. The van der Waals surface area contributed by atoms with Crippen LogP contribution in [0.2, 0.25) is 0 Å². The van der Waals surface area contributed by atoms with Crippen LogP contribution < -0.4 is 0 Å². The predicted molar refractivity (Wildman–Crippen MR) is 43.3 cm³/mol. The fraction of sp³-hybridized carbons (Fsp3) is 0.750. The lowest BCUT2D eigenvalue weighted by molar-refractivity contribution is -0.0285. The molecule has 0 aromatic carbocycles. The molecular weight excluding hydrogens is 144 g/mol. The summed E-state index contributed by atoms with van der Waals surface area (Å²) < 4.78 is 9.71. The molecule has 0 aliphatic heterocycles. The van der Waals surface area contributed by atoms with Crippen LogP contribution in [-0.2, 0) is 9.47 Å². The molecule has 0 radical (unpaired) electrons. The van der Waals surface area contributed by atoms with Gasteiger partial charge in [0.1, 0.15) is 6.79 Å². The Labute approximate surface area is 67.6 Å². The molecule has 0 bridgehead atoms. The Hall–Kier alpha value is -0.380. The van der Waals surface area contributed by atoms with Crippen LogP contribution in [0.5, 0.6) is 0 Å². The zero-order valence-electron chi connectivity index (χ0n) is 6.95. The van der Waals surface area contributed by atoms with Gasteiger partial charge in [-0.15, -0.1) is 0 Å². The minimum Gasteiger partial charge on any atom is -0.396 e. The normalized spacial score (nSPS) is 11.1. The highest BCUT2D eigenvalue weighted by molar-refractivity contribution is 4.80. The van der Waals surface area contributed by atoms with Crippen molar-refractivity contribution in [3.05, 3.63) is 12.2 Å². The average molecular weight is 160 g/mol. The maximum absolute atomic E-state index is 8.40. The Balaban J connectivity index is 2.89. The third kappa shape index (κ3) is 9.62. The average Bonchev–Trinajstić information content (AvgIpc) is 2.03. The maximum atomic E-state index is 8.40. The van der Waals surface area contributed by atoms with Crippen molar-refractivity contribution in [1.82, 2.24) is 0 Å². The molecule has 0 aromatic heterocycles. The minimum absolute atomic E-state index is 0.218. The fourth-order valence-electron chi connectivity index (χ4n) is 0.604. The second-order valence-electron chi connectivity index (χ2n) is 2.09. The largest absolute Gasteiger partial charge is 0.396 e. The second-order valence-corrected chi connectivity index (χ2v) is 2.09. The summed E-state index contributed by atoms with van der Waals surface area (Å²) in [7, 11) is 1.60. The molecule has 3 heteroatoms. The summed E-state index contributed by atoms with van der Waals surface area (Å²) in [6.07, 6.45) is 5.54. The maximum Gasteiger partial charge on any atom is 0.146 e. The van der Waals surface area contributed by atoms with Gasteiger partial charge in [-0.2, -0.15) is 0 Å². The van der Waals surface area contributed by atoms with Crippen molar-refractivity contribution in [2.45, 2.75) is 12.8 Å². The summed E-state index contributed by atoms with van der Waals surface area (Å²) in [5.41, 5.74) is 0. The van der Waals surface area contributed by atoms with E-state index < -0.39 is 0 Å². The van der Waals surface area contributed by atoms with E-state index in [1.165, 1.54) is 0 Å². The Kier molecular flexibility index (Phi) is 9.29. The van der Waals surface area contributed by atoms with E-state index in [1.807, 2.05) is 12.2 Å². The van der Waals surface area contributed by atoms with Crippen LogP contribution in [0, 0.1) is 0 Å². The molecule has 0 aromatic rings. The summed E-state index contributed by atoms with van der Waals surface area (Å²) in [5, 5.41) is 8.40. The van der Waals surface area contributed by atoms with Crippen LogP contribution in [0.1, 0.15) is 12.8 Å². The van der Waals surface area contributed by atoms with E-state index in [0.29, 0.717) is 13.4 Å². The number of rotatable bonds is 7. The van der Waals surface area contributed by atoms with E-state index in [2.05, 4.69) is 4.74 Å². The van der Waals surface area contributed by atoms with E-state index in [1.54, 1.807) is 7.11 Å². The molecule has 0 spiro atoms. The van der Waals surface area contributed by atoms with Crippen molar-refractivity contribution in [2.24, 2.45) is 0 Å². The zero-order chi connectivity index (χ0) is 8.36. The first-order valence-electron chi connectivity index (χ1n) is 3.74. The number of ether oxygens (including phenoxy) is 2. The van der Waals surface area contributed by atoms with Crippen molar-refractivity contribution in [3.8, 4) is 0 Å². The number of aliphatic hydroxyl groups excluding tert-OH is 1. The first-order chi connectivity index (χ1) is 5.41. The quantitative estimate of drug-likeness (QED) is 0.342. The van der Waals surface area contributed by atoms with Gasteiger partial charge in [0.2, 0.25) is 0 Å². The van der Waals surface area contributed by atoms with Gasteiger partial charge in [-0.3, -0.25) is 0 Å². The predicted octanol–water partition coefficient (Wildman–Crippen LogP) is 0.936. The molecule has 0 unspecified atom stereocenters. The fourth-order valence-corrected chi connectivity index (χ4v) is 0.604. The Morgan fingerprint density at radius 1 is 1.27 bits per heavy atom. The SMILES string of the molecule is COCOCC/C=C\CCO. The van der Waals surface area contributed by atoms with Crippen LogP contribution in [0.4, 0.5) is 0 Å². The number of hydrogen-bond donors (Lipinski definition) is 1. The number of aliphatic hydroxyl groups is 1. The third-order valence-corrected chi connectivity index (χ3v) is 1.09. The molecule has 0 aliphatic rings. The Morgan fingerprint density at radius 3 is 2.64 bits per heavy atom. The lowest BCUT2D eigenvalue weighted by Crippen LogP contribution is -1.96. The standard InChI is InChI=1S/C8H16O3/c1-10-8-11-7-5-3-2-4-6-9/h2-3,9H,4-8H2,1H3/b3-2-. The van der Waals surface area contributed by atoms with Gasteiger partial charge >= 0.3 is 0 Å². The van der Waals surface area contributed by atoms with Crippen molar-refractivity contribution < 1.29 is 14.6 Å². The van der Waals surface area contributed by atoms with Gasteiger partial charge in [0.25, 0.3) is 0 Å². The van der Waals surface area contributed by atoms with Gasteiger partial charge in [-0.1, -0.05) is 12.2 Å². The van der Waals surface area contributed by atoms with Crippen LogP contribution in [-0.4, -0.2) is 32.2 Å². The first kappa shape index (κ1) is 10.6. The molecule has 0 amide bonds. The van der Waals surface area contributed by atoms with Crippen LogP contribution in [0.3, 0.4) is 0 Å². The Bertz CT molecular complexity index is 91.3. The van der Waals surface area contributed by atoms with E-state index >= 15 is 0 Å². The first-order valence-corrected chi connectivity index (χ1v) is 3.74. The van der Waals surface area contributed by atoms with Crippen LogP contribution >= 0.6 is 0 Å². The monoisotopic (exact) mass is 160 g/mol. The van der Waals surface area contributed by atoms with Gasteiger partial charge in [-0.05, 0) is 12.8 Å².